The number of hydrogen-bond acceptors (Lipinski definition) is 15. The minimum absolute atomic E-state index is 0.0623. The summed E-state index contributed by atoms with van der Waals surface area (Å²) in [5.74, 6) is -8.01. The van der Waals surface area contributed by atoms with Crippen LogP contribution in [0.25, 0.3) is 0 Å². The van der Waals surface area contributed by atoms with E-state index in [4.69, 9.17) is 0 Å². The van der Waals surface area contributed by atoms with Crippen LogP contribution in [-0.2, 0) is 33.6 Å². The van der Waals surface area contributed by atoms with E-state index >= 15 is 0 Å². The molecule has 0 bridgehead atoms. The van der Waals surface area contributed by atoms with Gasteiger partial charge in [0.05, 0.1) is 42.9 Å². The van der Waals surface area contributed by atoms with Crippen molar-refractivity contribution in [1.82, 2.24) is 25.3 Å². The molecule has 0 aromatic heterocycles. The maximum atomic E-state index is 12.3. The van der Waals surface area contributed by atoms with E-state index in [0.29, 0.717) is 25.7 Å². The molecule has 19 heteroatoms. The molecule has 2 amide bonds. The molecule has 0 spiro atoms. The molecule has 0 aliphatic heterocycles. The highest BCUT2D eigenvalue weighted by molar-refractivity contribution is 5.79. The number of nitrogens with one attached hydrogen (secondary N) is 2. The smallest absolute Gasteiger partial charge is 0.234 e. The number of hydrogen-bond donors (Lipinski definition) is 4. The Labute approximate surface area is 260 Å². The summed E-state index contributed by atoms with van der Waals surface area (Å²) < 4.78 is 0. The maximum Gasteiger partial charge on any atom is 0.234 e. The third-order valence-corrected chi connectivity index (χ3v) is 6.53. The second-order valence-corrected chi connectivity index (χ2v) is 10.5. The van der Waals surface area contributed by atoms with Crippen LogP contribution in [0.2, 0.25) is 0 Å². The minimum atomic E-state index is -1.48. The number of amides is 2. The summed E-state index contributed by atoms with van der Waals surface area (Å²) in [6.07, 6.45) is 2.36. The average molecular weight is 647 g/mol. The van der Waals surface area contributed by atoms with Crippen LogP contribution >= 0.6 is 0 Å². The van der Waals surface area contributed by atoms with E-state index in [9.17, 15) is 59.1 Å². The number of carboxylic acids is 5. The summed E-state index contributed by atoms with van der Waals surface area (Å²) in [7, 11) is 0. The van der Waals surface area contributed by atoms with Crippen molar-refractivity contribution in [2.24, 2.45) is 0 Å². The zero-order chi connectivity index (χ0) is 34.4. The lowest BCUT2D eigenvalue weighted by Crippen LogP contribution is -2.68. The molecule has 0 saturated carbocycles. The zero-order valence-corrected chi connectivity index (χ0v) is 25.3. The van der Waals surface area contributed by atoms with E-state index in [2.05, 4.69) is 22.1 Å². The molecule has 0 saturated heterocycles. The highest BCUT2D eigenvalue weighted by Gasteiger charge is 2.17. The van der Waals surface area contributed by atoms with E-state index in [0.717, 1.165) is 0 Å². The molecule has 0 radical (unpaired) electrons. The zero-order valence-electron chi connectivity index (χ0n) is 25.3. The number of unbranched alkanes of at least 4 members (excludes halogenated alkanes) is 2. The maximum absolute atomic E-state index is 12.3. The second kappa shape index (κ2) is 23.5. The molecule has 0 rings (SSSR count). The Morgan fingerprint density at radius 1 is 0.489 bits per heavy atom. The predicted octanol–water partition coefficient (Wildman–Crippen LogP) is -11.6. The molecule has 258 valence electrons. The van der Waals surface area contributed by atoms with Crippen LogP contribution in [0.1, 0.15) is 38.5 Å². The number of quaternary nitrogens is 2. The Hall–Kier alpha value is -3.91. The Bertz CT molecular complexity index is 916. The molecule has 8 N–H and O–H groups in total. The van der Waals surface area contributed by atoms with Crippen molar-refractivity contribution in [2.75, 3.05) is 72.0 Å². The molecule has 45 heavy (non-hydrogen) atoms. The lowest BCUT2D eigenvalue weighted by atomic mass is 10.1. The lowest BCUT2D eigenvalue weighted by Gasteiger charge is -2.30. The van der Waals surface area contributed by atoms with Crippen molar-refractivity contribution in [3.63, 3.8) is 0 Å². The first kappa shape index (κ1) is 41.1. The van der Waals surface area contributed by atoms with Gasteiger partial charge < -0.3 is 71.6 Å². The van der Waals surface area contributed by atoms with Gasteiger partial charge in [-0.2, -0.15) is 0 Å². The molecule has 2 atom stereocenters. The Morgan fingerprint density at radius 2 is 0.800 bits per heavy atom. The Kier molecular flexibility index (Phi) is 21.4. The average Bonchev–Trinajstić information content (AvgIpc) is 2.92. The van der Waals surface area contributed by atoms with Gasteiger partial charge in [-0.1, -0.05) is 0 Å². The van der Waals surface area contributed by atoms with Crippen molar-refractivity contribution in [1.29, 1.82) is 0 Å². The summed E-state index contributed by atoms with van der Waals surface area (Å²) in [5.41, 5.74) is 6.87. The van der Waals surface area contributed by atoms with Crippen molar-refractivity contribution in [3.05, 3.63) is 0 Å². The number of nitrogens with zero attached hydrogens (tertiary/aromatic N) is 3. The van der Waals surface area contributed by atoms with Crippen LogP contribution in [-0.4, -0.2) is 140 Å². The Balaban J connectivity index is 4.94. The molecule has 0 fully saturated rings. The molecule has 0 aromatic rings. The van der Waals surface area contributed by atoms with E-state index in [-0.39, 0.29) is 65.2 Å². The molecular weight excluding hydrogens is 602 g/mol. The van der Waals surface area contributed by atoms with Gasteiger partial charge in [-0.3, -0.25) is 24.3 Å². The lowest BCUT2D eigenvalue weighted by molar-refractivity contribution is -0.438. The van der Waals surface area contributed by atoms with Crippen LogP contribution in [0.3, 0.4) is 0 Å². The predicted molar refractivity (Wildman–Crippen MR) is 141 cm³/mol. The van der Waals surface area contributed by atoms with Gasteiger partial charge in [0.2, 0.25) is 11.8 Å². The molecule has 0 aliphatic rings. The molecule has 2 unspecified atom stereocenters. The minimum Gasteiger partial charge on any atom is -0.549 e. The van der Waals surface area contributed by atoms with Gasteiger partial charge in [0, 0.05) is 71.7 Å². The van der Waals surface area contributed by atoms with Crippen LogP contribution in [0.15, 0.2) is 0 Å². The number of carbonyl (C=O) groups excluding carboxylic acids is 7. The van der Waals surface area contributed by atoms with Crippen LogP contribution < -0.4 is 47.6 Å². The van der Waals surface area contributed by atoms with E-state index in [1.807, 2.05) is 0 Å². The monoisotopic (exact) mass is 646 g/mol. The SMILES string of the molecule is [NH3+]C(CCCCNC(=O)CN(CCN(CCN(CC(=O)[O-])CC(=O)NCCCCC([NH3+])C(=O)[O-])CC(=O)[O-])CC(=O)[O-])C(=O)[O-]. The van der Waals surface area contributed by atoms with Gasteiger partial charge in [-0.05, 0) is 25.7 Å². The fourth-order valence-electron chi connectivity index (χ4n) is 4.05. The van der Waals surface area contributed by atoms with Crippen LogP contribution in [0.5, 0.6) is 0 Å². The summed E-state index contributed by atoms with van der Waals surface area (Å²) in [5, 5.41) is 60.3. The van der Waals surface area contributed by atoms with Gasteiger partial charge in [0.15, 0.2) is 0 Å². The largest absolute Gasteiger partial charge is 0.549 e. The normalized spacial score (nSPS) is 12.6. The van der Waals surface area contributed by atoms with E-state index < -0.39 is 73.4 Å². The number of aliphatic carboxylic acids is 5. The first-order valence-corrected chi connectivity index (χ1v) is 14.5. The number of rotatable bonds is 28. The molecular formula is C26H44N7O12-3. The highest BCUT2D eigenvalue weighted by Crippen LogP contribution is 1.99. The highest BCUT2D eigenvalue weighted by atomic mass is 16.4. The van der Waals surface area contributed by atoms with Crippen LogP contribution in [0.4, 0.5) is 0 Å². The fourth-order valence-corrected chi connectivity index (χ4v) is 4.05. The first-order valence-electron chi connectivity index (χ1n) is 14.5. The molecule has 0 aliphatic carbocycles. The molecule has 19 nitrogen and oxygen atoms in total. The van der Waals surface area contributed by atoms with Gasteiger partial charge in [0.1, 0.15) is 12.1 Å². The fraction of sp³-hybridized carbons (Fsp3) is 0.731. The third-order valence-electron chi connectivity index (χ3n) is 6.53. The van der Waals surface area contributed by atoms with E-state index in [1.54, 1.807) is 0 Å². The summed E-state index contributed by atoms with van der Waals surface area (Å²) in [6, 6.07) is -1.75. The first-order chi connectivity index (χ1) is 21.1. The number of carboxylic acid groups (broad SMARTS) is 5. The van der Waals surface area contributed by atoms with Crippen molar-refractivity contribution < 1.29 is 70.6 Å². The van der Waals surface area contributed by atoms with Gasteiger partial charge >= 0.3 is 0 Å². The summed E-state index contributed by atoms with van der Waals surface area (Å²) in [6.45, 7) is -2.48. The van der Waals surface area contributed by atoms with Crippen molar-refractivity contribution in [2.45, 2.75) is 50.6 Å². The topological polar surface area (TPSA) is 324 Å². The van der Waals surface area contributed by atoms with Gasteiger partial charge in [0.25, 0.3) is 0 Å². The summed E-state index contributed by atoms with van der Waals surface area (Å²) in [4.78, 5) is 83.5. The van der Waals surface area contributed by atoms with Crippen molar-refractivity contribution >= 4 is 41.7 Å². The second-order valence-electron chi connectivity index (χ2n) is 10.5. The standard InChI is InChI=1S/C26H47N7O12/c27-18(25(42)43)5-1-3-7-29-20(34)13-32(16-23(38)39)11-9-31(15-22(36)37)10-12-33(17-24(40)41)14-21(35)30-8-4-2-6-19(28)26(44)45/h18-19H,1-17,27-28H2,(H,29,34)(H,30,35)(H,36,37)(H,38,39)(H,40,41)(H,42,43)(H,44,45)/p-3. The molecule has 0 heterocycles. The quantitative estimate of drug-likeness (QED) is 0.0573. The number of carbonyl (C=O) groups is 7. The third kappa shape index (κ3) is 23.2. The van der Waals surface area contributed by atoms with Gasteiger partial charge in [-0.15, -0.1) is 0 Å². The van der Waals surface area contributed by atoms with E-state index in [1.165, 1.54) is 14.7 Å². The van der Waals surface area contributed by atoms with Crippen LogP contribution in [0, 0.1) is 0 Å². The Morgan fingerprint density at radius 3 is 1.11 bits per heavy atom. The molecule has 0 aromatic carbocycles. The van der Waals surface area contributed by atoms with Crippen molar-refractivity contribution in [3.8, 4) is 0 Å². The van der Waals surface area contributed by atoms with Gasteiger partial charge in [-0.25, -0.2) is 0 Å². The summed E-state index contributed by atoms with van der Waals surface area (Å²) >= 11 is 0.